The van der Waals surface area contributed by atoms with Crippen molar-refractivity contribution in [2.24, 2.45) is 0 Å². The number of carbonyl (C=O) groups excluding carboxylic acids is 2. The van der Waals surface area contributed by atoms with Crippen molar-refractivity contribution in [1.82, 2.24) is 20.0 Å². The molecule has 1 aromatic carbocycles. The molecule has 3 rings (SSSR count). The van der Waals surface area contributed by atoms with Gasteiger partial charge in [-0.05, 0) is 51.0 Å². The van der Waals surface area contributed by atoms with E-state index >= 15 is 0 Å². The zero-order valence-electron chi connectivity index (χ0n) is 15.1. The van der Waals surface area contributed by atoms with E-state index in [1.54, 1.807) is 30.7 Å². The van der Waals surface area contributed by atoms with Gasteiger partial charge in [-0.15, -0.1) is 0 Å². The van der Waals surface area contributed by atoms with Crippen molar-refractivity contribution in [3.05, 3.63) is 47.0 Å². The van der Waals surface area contributed by atoms with Crippen molar-refractivity contribution in [1.29, 1.82) is 0 Å². The van der Waals surface area contributed by atoms with Gasteiger partial charge < -0.3 is 10.2 Å². The number of nitrogens with zero attached hydrogens (tertiary/aromatic N) is 3. The minimum Gasteiger partial charge on any atom is -0.351 e. The predicted molar refractivity (Wildman–Crippen MR) is 95.8 cm³/mol. The number of rotatable bonds is 5. The monoisotopic (exact) mass is 358 g/mol. The van der Waals surface area contributed by atoms with Gasteiger partial charge in [-0.1, -0.05) is 0 Å². The van der Waals surface area contributed by atoms with Crippen molar-refractivity contribution < 1.29 is 14.0 Å². The number of benzene rings is 1. The topological polar surface area (TPSA) is 67.2 Å². The summed E-state index contributed by atoms with van der Waals surface area (Å²) in [6.45, 7) is 5.49. The molecule has 2 heterocycles. The number of aryl methyl sites for hydroxylation is 1. The van der Waals surface area contributed by atoms with Crippen LogP contribution in [-0.2, 0) is 4.79 Å². The molecule has 2 aromatic rings. The third-order valence-electron chi connectivity index (χ3n) is 4.67. The largest absolute Gasteiger partial charge is 0.351 e. The van der Waals surface area contributed by atoms with Crippen LogP contribution in [0.4, 0.5) is 4.39 Å². The van der Waals surface area contributed by atoms with Crippen LogP contribution in [0.3, 0.4) is 0 Å². The van der Waals surface area contributed by atoms with Crippen molar-refractivity contribution in [2.75, 3.05) is 19.6 Å². The van der Waals surface area contributed by atoms with Crippen LogP contribution in [0.2, 0.25) is 0 Å². The fraction of sp³-hybridized carbons (Fsp3) is 0.421. The number of aromatic nitrogens is 2. The highest BCUT2D eigenvalue weighted by molar-refractivity contribution is 5.96. The average molecular weight is 358 g/mol. The normalized spacial score (nSPS) is 13.9. The third-order valence-corrected chi connectivity index (χ3v) is 4.67. The number of likely N-dealkylation sites (tertiary alicyclic amines) is 1. The fourth-order valence-electron chi connectivity index (χ4n) is 3.30. The second-order valence-corrected chi connectivity index (χ2v) is 6.53. The molecule has 1 aliphatic heterocycles. The van der Waals surface area contributed by atoms with Gasteiger partial charge >= 0.3 is 0 Å². The van der Waals surface area contributed by atoms with Gasteiger partial charge in [0.1, 0.15) is 5.82 Å². The molecule has 0 spiro atoms. The molecule has 1 fully saturated rings. The van der Waals surface area contributed by atoms with Gasteiger partial charge in [-0.2, -0.15) is 5.10 Å². The van der Waals surface area contributed by atoms with Gasteiger partial charge in [0.05, 0.1) is 22.6 Å². The van der Waals surface area contributed by atoms with E-state index in [-0.39, 0.29) is 17.6 Å². The fourth-order valence-corrected chi connectivity index (χ4v) is 3.30. The Morgan fingerprint density at radius 2 is 1.81 bits per heavy atom. The van der Waals surface area contributed by atoms with E-state index in [1.165, 1.54) is 12.1 Å². The number of hydrogen-bond acceptors (Lipinski definition) is 3. The number of amides is 2. The van der Waals surface area contributed by atoms with E-state index in [4.69, 9.17) is 0 Å². The average Bonchev–Trinajstić information content (AvgIpc) is 3.24. The second kappa shape index (κ2) is 7.68. The highest BCUT2D eigenvalue weighted by Gasteiger charge is 2.21. The first-order chi connectivity index (χ1) is 12.5. The molecule has 0 unspecified atom stereocenters. The zero-order valence-corrected chi connectivity index (χ0v) is 15.1. The molecule has 1 aromatic heterocycles. The van der Waals surface area contributed by atoms with Crippen LogP contribution in [-0.4, -0.2) is 46.1 Å². The van der Waals surface area contributed by atoms with Crippen LogP contribution < -0.4 is 5.32 Å². The molecule has 0 aliphatic carbocycles. The Kier molecular flexibility index (Phi) is 5.35. The van der Waals surface area contributed by atoms with E-state index in [1.807, 2.05) is 4.90 Å². The van der Waals surface area contributed by atoms with Gasteiger partial charge in [-0.3, -0.25) is 9.59 Å². The van der Waals surface area contributed by atoms with Gasteiger partial charge in [0.25, 0.3) is 5.91 Å². The zero-order chi connectivity index (χ0) is 18.7. The van der Waals surface area contributed by atoms with Gasteiger partial charge in [0.15, 0.2) is 0 Å². The lowest BCUT2D eigenvalue weighted by molar-refractivity contribution is -0.129. The highest BCUT2D eigenvalue weighted by atomic mass is 19.1. The summed E-state index contributed by atoms with van der Waals surface area (Å²) in [6.07, 6.45) is 2.41. The molecule has 1 saturated heterocycles. The number of nitrogens with one attached hydrogen (secondary N) is 1. The summed E-state index contributed by atoms with van der Waals surface area (Å²) >= 11 is 0. The lowest BCUT2D eigenvalue weighted by Gasteiger charge is -2.15. The number of halogens is 1. The SMILES string of the molecule is Cc1nn(-c2ccc(F)cc2)c(C)c1C(=O)NCCC(=O)N1CCCC1. The molecule has 0 atom stereocenters. The molecule has 0 radical (unpaired) electrons. The van der Waals surface area contributed by atoms with E-state index in [9.17, 15) is 14.0 Å². The minimum atomic E-state index is -0.323. The minimum absolute atomic E-state index is 0.0817. The summed E-state index contributed by atoms with van der Waals surface area (Å²) in [4.78, 5) is 26.4. The Hall–Kier alpha value is -2.70. The maximum Gasteiger partial charge on any atom is 0.255 e. The first-order valence-corrected chi connectivity index (χ1v) is 8.85. The molecule has 0 saturated carbocycles. The maximum atomic E-state index is 13.1. The van der Waals surface area contributed by atoms with E-state index in [0.29, 0.717) is 35.6 Å². The second-order valence-electron chi connectivity index (χ2n) is 6.53. The summed E-state index contributed by atoms with van der Waals surface area (Å²) in [7, 11) is 0. The van der Waals surface area contributed by atoms with E-state index in [2.05, 4.69) is 10.4 Å². The molecule has 1 aliphatic rings. The highest BCUT2D eigenvalue weighted by Crippen LogP contribution is 2.18. The lowest BCUT2D eigenvalue weighted by atomic mass is 10.2. The Morgan fingerprint density at radius 3 is 2.46 bits per heavy atom. The standard InChI is InChI=1S/C19H23FN4O2/c1-13-18(14(2)24(22-13)16-7-5-15(20)6-8-16)19(26)21-10-9-17(25)23-11-3-4-12-23/h5-8H,3-4,9-12H2,1-2H3,(H,21,26). The van der Waals surface area contributed by atoms with Crippen LogP contribution in [0.5, 0.6) is 0 Å². The molecule has 1 N–H and O–H groups in total. The summed E-state index contributed by atoms with van der Waals surface area (Å²) in [5, 5.41) is 7.20. The first-order valence-electron chi connectivity index (χ1n) is 8.85. The van der Waals surface area contributed by atoms with E-state index in [0.717, 1.165) is 25.9 Å². The maximum absolute atomic E-state index is 13.1. The molecular formula is C19H23FN4O2. The summed E-state index contributed by atoms with van der Waals surface area (Å²) in [5.74, 6) is -0.489. The van der Waals surface area contributed by atoms with Crippen LogP contribution in [0, 0.1) is 19.7 Å². The Morgan fingerprint density at radius 1 is 1.15 bits per heavy atom. The van der Waals surface area contributed by atoms with Gasteiger partial charge in [0.2, 0.25) is 5.91 Å². The lowest BCUT2D eigenvalue weighted by Crippen LogP contribution is -2.33. The van der Waals surface area contributed by atoms with Crippen molar-refractivity contribution in [2.45, 2.75) is 33.1 Å². The third kappa shape index (κ3) is 3.76. The molecule has 138 valence electrons. The van der Waals surface area contributed by atoms with Crippen molar-refractivity contribution in [3.63, 3.8) is 0 Å². The number of carbonyl (C=O) groups is 2. The summed E-state index contributed by atoms with van der Waals surface area (Å²) < 4.78 is 14.7. The predicted octanol–water partition coefficient (Wildman–Crippen LogP) is 2.37. The van der Waals surface area contributed by atoms with Crippen LogP contribution in [0.1, 0.15) is 41.0 Å². The quantitative estimate of drug-likeness (QED) is 0.892. The Labute approximate surface area is 152 Å². The van der Waals surface area contributed by atoms with Crippen LogP contribution >= 0.6 is 0 Å². The van der Waals surface area contributed by atoms with Gasteiger partial charge in [0, 0.05) is 26.1 Å². The number of hydrogen-bond donors (Lipinski definition) is 1. The van der Waals surface area contributed by atoms with Crippen molar-refractivity contribution >= 4 is 11.8 Å². The van der Waals surface area contributed by atoms with E-state index < -0.39 is 0 Å². The summed E-state index contributed by atoms with van der Waals surface area (Å²) in [5.41, 5.74) is 2.45. The molecule has 6 nitrogen and oxygen atoms in total. The Balaban J connectivity index is 1.65. The molecule has 7 heteroatoms. The first kappa shape index (κ1) is 18.1. The van der Waals surface area contributed by atoms with Crippen LogP contribution in [0.25, 0.3) is 5.69 Å². The Bertz CT molecular complexity index is 808. The van der Waals surface area contributed by atoms with Crippen LogP contribution in [0.15, 0.2) is 24.3 Å². The van der Waals surface area contributed by atoms with Crippen molar-refractivity contribution in [3.8, 4) is 5.69 Å². The smallest absolute Gasteiger partial charge is 0.255 e. The molecule has 0 bridgehead atoms. The summed E-state index contributed by atoms with van der Waals surface area (Å²) in [6, 6.07) is 5.95. The molecule has 2 amide bonds. The molecular weight excluding hydrogens is 335 g/mol. The molecule has 26 heavy (non-hydrogen) atoms. The van der Waals surface area contributed by atoms with Gasteiger partial charge in [-0.25, -0.2) is 9.07 Å².